The van der Waals surface area contributed by atoms with Gasteiger partial charge in [-0.05, 0) is 6.08 Å². The number of carboxylic acid groups (broad SMARTS) is 1. The molecule has 0 unspecified atom stereocenters. The van der Waals surface area contributed by atoms with Gasteiger partial charge in [0.2, 0.25) is 18.0 Å². The average Bonchev–Trinajstić information content (AvgIpc) is 2.66. The van der Waals surface area contributed by atoms with E-state index in [1.165, 1.54) is 0 Å². The molecule has 0 aromatic rings. The standard InChI is InChI=1S/C14H21NO17S2/c1-4(16)15-8-9(18)11(7(29-13(8)21)3-28-33(22,23)24)31-14-10(32-34(25,26)27)5(17)2-6(30-14)12(19)20/h2,5,7-11,13-14,17-18,21H,3H2,1H3,(H,15,16)(H,19,20)(H,22,23,24)(H,25,26,27)/t5-,7+,8+,9+,10+,11+,13-,14+/m0/s1. The molecule has 0 aliphatic carbocycles. The number of carbonyl (C=O) groups excluding carboxylic acids is 1. The van der Waals surface area contributed by atoms with Crippen molar-refractivity contribution in [1.29, 1.82) is 0 Å². The van der Waals surface area contributed by atoms with Gasteiger partial charge in [-0.3, -0.25) is 13.9 Å². The number of aliphatic carboxylic acids is 1. The lowest BCUT2D eigenvalue weighted by Gasteiger charge is -2.44. The highest BCUT2D eigenvalue weighted by atomic mass is 32.3. The number of hydrogen-bond donors (Lipinski definition) is 7. The predicted molar refractivity (Wildman–Crippen MR) is 99.9 cm³/mol. The highest BCUT2D eigenvalue weighted by molar-refractivity contribution is 7.81. The highest BCUT2D eigenvalue weighted by Crippen LogP contribution is 2.30. The third-order valence-corrected chi connectivity index (χ3v) is 5.25. The van der Waals surface area contributed by atoms with Crippen LogP contribution in [0, 0.1) is 0 Å². The third-order valence-electron chi connectivity index (χ3n) is 4.35. The molecule has 1 fully saturated rings. The largest absolute Gasteiger partial charge is 0.475 e. The normalized spacial score (nSPS) is 34.6. The molecule has 0 aromatic carbocycles. The van der Waals surface area contributed by atoms with Crippen LogP contribution >= 0.6 is 0 Å². The van der Waals surface area contributed by atoms with E-state index in [1.54, 1.807) is 0 Å². The molecule has 0 bridgehead atoms. The fourth-order valence-corrected chi connectivity index (χ4v) is 3.84. The van der Waals surface area contributed by atoms with Crippen molar-refractivity contribution in [2.45, 2.75) is 56.1 Å². The molecule has 8 atom stereocenters. The Labute approximate surface area is 191 Å². The first kappa shape index (κ1) is 28.3. The number of carboxylic acids is 1. The molecule has 2 aliphatic heterocycles. The van der Waals surface area contributed by atoms with Gasteiger partial charge in [0.05, 0.1) is 6.61 Å². The second-order valence-electron chi connectivity index (χ2n) is 6.90. The summed E-state index contributed by atoms with van der Waals surface area (Å²) < 4.78 is 85.6. The Balaban J connectivity index is 2.41. The molecule has 0 saturated carbocycles. The van der Waals surface area contributed by atoms with Crippen molar-refractivity contribution in [3.63, 3.8) is 0 Å². The van der Waals surface area contributed by atoms with E-state index in [2.05, 4.69) is 13.7 Å². The smallest absolute Gasteiger partial charge is 0.397 e. The van der Waals surface area contributed by atoms with Crippen LogP contribution in [-0.4, -0.2) is 114 Å². The summed E-state index contributed by atoms with van der Waals surface area (Å²) >= 11 is 0. The number of rotatable bonds is 9. The van der Waals surface area contributed by atoms with Crippen LogP contribution in [0.5, 0.6) is 0 Å². The highest BCUT2D eigenvalue weighted by Gasteiger charge is 2.50. The van der Waals surface area contributed by atoms with Gasteiger partial charge in [0.1, 0.15) is 30.5 Å². The average molecular weight is 539 g/mol. The number of ether oxygens (including phenoxy) is 3. The van der Waals surface area contributed by atoms with Crippen LogP contribution in [0.2, 0.25) is 0 Å². The zero-order valence-electron chi connectivity index (χ0n) is 16.9. The van der Waals surface area contributed by atoms with E-state index < -0.39 is 94.2 Å². The maximum atomic E-state index is 11.4. The first-order chi connectivity index (χ1) is 15.5. The van der Waals surface area contributed by atoms with E-state index in [4.69, 9.17) is 28.4 Å². The van der Waals surface area contributed by atoms with Crippen molar-refractivity contribution in [2.24, 2.45) is 0 Å². The molecule has 0 radical (unpaired) electrons. The van der Waals surface area contributed by atoms with Crippen molar-refractivity contribution in [3.05, 3.63) is 11.8 Å². The lowest BCUT2D eigenvalue weighted by atomic mass is 9.96. The van der Waals surface area contributed by atoms with Gasteiger partial charge in [-0.25, -0.2) is 13.2 Å². The van der Waals surface area contributed by atoms with Crippen LogP contribution in [0.15, 0.2) is 11.8 Å². The molecule has 1 saturated heterocycles. The maximum Gasteiger partial charge on any atom is 0.397 e. The Morgan fingerprint density at radius 3 is 2.21 bits per heavy atom. The third kappa shape index (κ3) is 7.78. The molecule has 18 nitrogen and oxygen atoms in total. The van der Waals surface area contributed by atoms with Crippen LogP contribution < -0.4 is 5.32 Å². The van der Waals surface area contributed by atoms with E-state index in [0.717, 1.165) is 6.92 Å². The van der Waals surface area contributed by atoms with Crippen LogP contribution in [-0.2, 0) is 53.0 Å². The number of carbonyl (C=O) groups is 2. The van der Waals surface area contributed by atoms with Crippen molar-refractivity contribution in [2.75, 3.05) is 6.61 Å². The summed E-state index contributed by atoms with van der Waals surface area (Å²) in [6.45, 7) is -0.117. The molecule has 2 rings (SSSR count). The van der Waals surface area contributed by atoms with Crippen LogP contribution in [0.3, 0.4) is 0 Å². The van der Waals surface area contributed by atoms with Gasteiger partial charge in [0.25, 0.3) is 0 Å². The first-order valence-electron chi connectivity index (χ1n) is 9.00. The van der Waals surface area contributed by atoms with Crippen molar-refractivity contribution < 1.29 is 78.5 Å². The van der Waals surface area contributed by atoms with E-state index in [9.17, 15) is 41.7 Å². The molecule has 2 heterocycles. The first-order valence-corrected chi connectivity index (χ1v) is 11.7. The molecule has 20 heteroatoms. The minimum absolute atomic E-state index is 0.509. The van der Waals surface area contributed by atoms with Crippen molar-refractivity contribution in [1.82, 2.24) is 5.32 Å². The SMILES string of the molecule is CC(=O)N[C@@H]1[C@@H](O)[C@H](O[C@H]2OC(C(=O)O)=C[C@H](O)[C@H]2OS(=O)(=O)O)[C@@H](COS(=O)(=O)O)O[C@@H]1O. The summed E-state index contributed by atoms with van der Waals surface area (Å²) in [4.78, 5) is 22.6. The fourth-order valence-electron chi connectivity index (χ4n) is 3.05. The number of hydrogen-bond acceptors (Lipinski definition) is 14. The number of amides is 1. The fraction of sp³-hybridized carbons (Fsp3) is 0.714. The Kier molecular flexibility index (Phi) is 8.93. The van der Waals surface area contributed by atoms with Gasteiger partial charge in [0.15, 0.2) is 12.4 Å². The molecule has 0 aromatic heterocycles. The zero-order valence-corrected chi connectivity index (χ0v) is 18.5. The minimum atomic E-state index is -5.28. The second kappa shape index (κ2) is 10.7. The van der Waals surface area contributed by atoms with Gasteiger partial charge in [-0.2, -0.15) is 16.8 Å². The summed E-state index contributed by atoms with van der Waals surface area (Å²) in [6, 6.07) is -1.63. The number of aliphatic hydroxyl groups excluding tert-OH is 3. The Morgan fingerprint density at radius 2 is 1.71 bits per heavy atom. The van der Waals surface area contributed by atoms with E-state index in [-0.39, 0.29) is 0 Å². The summed E-state index contributed by atoms with van der Waals surface area (Å²) in [7, 11) is -10.4. The van der Waals surface area contributed by atoms with E-state index >= 15 is 0 Å². The molecule has 2 aliphatic rings. The van der Waals surface area contributed by atoms with Gasteiger partial charge < -0.3 is 40.0 Å². The number of aliphatic hydroxyl groups is 3. The Bertz CT molecular complexity index is 1010. The summed E-state index contributed by atoms with van der Waals surface area (Å²) in [5.74, 6) is -3.50. The van der Waals surface area contributed by atoms with Gasteiger partial charge in [-0.15, -0.1) is 0 Å². The van der Waals surface area contributed by atoms with Gasteiger partial charge >= 0.3 is 26.8 Å². The molecule has 7 N–H and O–H groups in total. The number of nitrogens with one attached hydrogen (secondary N) is 1. The molecular weight excluding hydrogens is 518 g/mol. The monoisotopic (exact) mass is 539 g/mol. The Hall–Kier alpha value is -1.98. The molecule has 196 valence electrons. The van der Waals surface area contributed by atoms with Crippen molar-refractivity contribution in [3.8, 4) is 0 Å². The van der Waals surface area contributed by atoms with E-state index in [1.807, 2.05) is 0 Å². The summed E-state index contributed by atoms with van der Waals surface area (Å²) in [5, 5.41) is 42.0. The summed E-state index contributed by atoms with van der Waals surface area (Å²) in [5.41, 5.74) is 0. The molecule has 34 heavy (non-hydrogen) atoms. The quantitative estimate of drug-likeness (QED) is 0.136. The Morgan fingerprint density at radius 1 is 1.09 bits per heavy atom. The van der Waals surface area contributed by atoms with E-state index in [0.29, 0.717) is 6.08 Å². The van der Waals surface area contributed by atoms with Crippen LogP contribution in [0.1, 0.15) is 6.92 Å². The topological polar surface area (TPSA) is 282 Å². The van der Waals surface area contributed by atoms with Crippen LogP contribution in [0.25, 0.3) is 0 Å². The van der Waals surface area contributed by atoms with Crippen LogP contribution in [0.4, 0.5) is 0 Å². The molecule has 1 amide bonds. The minimum Gasteiger partial charge on any atom is -0.475 e. The zero-order chi connectivity index (χ0) is 26.0. The summed E-state index contributed by atoms with van der Waals surface area (Å²) in [6.07, 6.45) is -13.6. The molecule has 0 spiro atoms. The maximum absolute atomic E-state index is 11.4. The lowest BCUT2D eigenvalue weighted by molar-refractivity contribution is -0.303. The molecular formula is C14H21NO17S2. The lowest BCUT2D eigenvalue weighted by Crippen LogP contribution is -2.66. The second-order valence-corrected chi connectivity index (χ2v) is 9.04. The van der Waals surface area contributed by atoms with Gasteiger partial charge in [-0.1, -0.05) is 0 Å². The predicted octanol–water partition coefficient (Wildman–Crippen LogP) is -4.35. The van der Waals surface area contributed by atoms with Crippen molar-refractivity contribution >= 4 is 32.7 Å². The van der Waals surface area contributed by atoms with Gasteiger partial charge in [0, 0.05) is 6.92 Å².